The summed E-state index contributed by atoms with van der Waals surface area (Å²) >= 11 is 0. The quantitative estimate of drug-likeness (QED) is 0.391. The van der Waals surface area contributed by atoms with Crippen LogP contribution in [0.5, 0.6) is 11.5 Å². The maximum Gasteiger partial charge on any atom is 0.258 e. The van der Waals surface area contributed by atoms with Crippen LogP contribution in [0.25, 0.3) is 10.8 Å². The molecule has 0 aromatic heterocycles. The summed E-state index contributed by atoms with van der Waals surface area (Å²) in [6.45, 7) is 0.537. The predicted octanol–water partition coefficient (Wildman–Crippen LogP) is 4.47. The van der Waals surface area contributed by atoms with Crippen LogP contribution in [0.3, 0.4) is 0 Å². The Bertz CT molecular complexity index is 1290. The molecule has 0 radical (unpaired) electrons. The van der Waals surface area contributed by atoms with Crippen molar-refractivity contribution in [1.29, 1.82) is 0 Å². The SMILES string of the molecule is COc1cccc(CNC(=O)COc2cc3ccccc3cc2C(=O)NCc2ccccc2)c1. The second kappa shape index (κ2) is 11.0. The number of methoxy groups -OCH3 is 1. The third-order valence-corrected chi connectivity index (χ3v) is 5.37. The number of benzene rings is 4. The van der Waals surface area contributed by atoms with Crippen LogP contribution in [0.4, 0.5) is 0 Å². The summed E-state index contributed by atoms with van der Waals surface area (Å²) < 4.78 is 11.0. The number of ether oxygens (including phenoxy) is 2. The van der Waals surface area contributed by atoms with E-state index >= 15 is 0 Å². The Balaban J connectivity index is 1.44. The van der Waals surface area contributed by atoms with E-state index in [9.17, 15) is 9.59 Å². The Morgan fingerprint density at radius 3 is 2.18 bits per heavy atom. The Labute approximate surface area is 198 Å². The molecule has 0 aliphatic rings. The van der Waals surface area contributed by atoms with Crippen molar-refractivity contribution >= 4 is 22.6 Å². The first-order valence-electron chi connectivity index (χ1n) is 11.0. The van der Waals surface area contributed by atoms with Gasteiger partial charge < -0.3 is 20.1 Å². The molecule has 0 saturated carbocycles. The van der Waals surface area contributed by atoms with Crippen LogP contribution in [-0.4, -0.2) is 25.5 Å². The zero-order chi connectivity index (χ0) is 23.8. The van der Waals surface area contributed by atoms with Crippen molar-refractivity contribution in [3.63, 3.8) is 0 Å². The van der Waals surface area contributed by atoms with E-state index in [4.69, 9.17) is 9.47 Å². The van der Waals surface area contributed by atoms with Gasteiger partial charge >= 0.3 is 0 Å². The fourth-order valence-corrected chi connectivity index (χ4v) is 3.57. The fraction of sp³-hybridized carbons (Fsp3) is 0.143. The van der Waals surface area contributed by atoms with Crippen LogP contribution < -0.4 is 20.1 Å². The first-order chi connectivity index (χ1) is 16.6. The minimum atomic E-state index is -0.286. The molecule has 0 aliphatic carbocycles. The van der Waals surface area contributed by atoms with Crippen molar-refractivity contribution in [3.8, 4) is 11.5 Å². The van der Waals surface area contributed by atoms with Gasteiger partial charge in [0.1, 0.15) is 11.5 Å². The van der Waals surface area contributed by atoms with Gasteiger partial charge in [-0.25, -0.2) is 0 Å². The summed E-state index contributed by atoms with van der Waals surface area (Å²) in [4.78, 5) is 25.4. The summed E-state index contributed by atoms with van der Waals surface area (Å²) in [5.74, 6) is 0.541. The van der Waals surface area contributed by atoms with Gasteiger partial charge in [-0.2, -0.15) is 0 Å². The molecule has 6 nitrogen and oxygen atoms in total. The minimum absolute atomic E-state index is 0.207. The van der Waals surface area contributed by atoms with E-state index in [0.29, 0.717) is 24.4 Å². The lowest BCUT2D eigenvalue weighted by atomic mass is 10.1. The number of fused-ring (bicyclic) bond motifs is 1. The van der Waals surface area contributed by atoms with Crippen LogP contribution in [-0.2, 0) is 17.9 Å². The molecule has 0 spiro atoms. The molecule has 0 unspecified atom stereocenters. The summed E-state index contributed by atoms with van der Waals surface area (Å²) in [5.41, 5.74) is 2.30. The molecule has 4 aromatic carbocycles. The van der Waals surface area contributed by atoms with E-state index < -0.39 is 0 Å². The number of rotatable bonds is 9. The molecular formula is C28H26N2O4. The topological polar surface area (TPSA) is 76.7 Å². The molecular weight excluding hydrogens is 428 g/mol. The molecule has 0 fully saturated rings. The normalized spacial score (nSPS) is 10.5. The first-order valence-corrected chi connectivity index (χ1v) is 11.0. The van der Waals surface area contributed by atoms with Gasteiger partial charge in [0.2, 0.25) is 0 Å². The maximum atomic E-state index is 13.0. The second-order valence-corrected chi connectivity index (χ2v) is 7.78. The Kier molecular flexibility index (Phi) is 7.40. The van der Waals surface area contributed by atoms with Gasteiger partial charge in [0, 0.05) is 13.1 Å². The van der Waals surface area contributed by atoms with Gasteiger partial charge in [-0.15, -0.1) is 0 Å². The van der Waals surface area contributed by atoms with Crippen LogP contribution in [0.1, 0.15) is 21.5 Å². The van der Waals surface area contributed by atoms with Gasteiger partial charge in [-0.1, -0.05) is 66.7 Å². The van der Waals surface area contributed by atoms with Crippen LogP contribution in [0.15, 0.2) is 91.0 Å². The van der Waals surface area contributed by atoms with Crippen LogP contribution in [0, 0.1) is 0 Å². The highest BCUT2D eigenvalue weighted by molar-refractivity contribution is 6.01. The Morgan fingerprint density at radius 2 is 1.41 bits per heavy atom. The summed E-state index contributed by atoms with van der Waals surface area (Å²) in [5, 5.41) is 7.61. The second-order valence-electron chi connectivity index (χ2n) is 7.78. The number of hydrogen-bond acceptors (Lipinski definition) is 4. The van der Waals surface area contributed by atoms with E-state index in [1.54, 1.807) is 19.2 Å². The Hall–Kier alpha value is -4.32. The third-order valence-electron chi connectivity index (χ3n) is 5.37. The highest BCUT2D eigenvalue weighted by Gasteiger charge is 2.15. The number of amides is 2. The molecule has 34 heavy (non-hydrogen) atoms. The van der Waals surface area contributed by atoms with E-state index in [-0.39, 0.29) is 18.4 Å². The average molecular weight is 455 g/mol. The van der Waals surface area contributed by atoms with Crippen LogP contribution in [0.2, 0.25) is 0 Å². The van der Waals surface area contributed by atoms with Gasteiger partial charge in [0.05, 0.1) is 12.7 Å². The van der Waals surface area contributed by atoms with Crippen molar-refractivity contribution in [2.24, 2.45) is 0 Å². The minimum Gasteiger partial charge on any atom is -0.497 e. The standard InChI is InChI=1S/C28H26N2O4/c1-33-24-13-7-10-21(14-24)18-29-27(31)19-34-26-16-23-12-6-5-11-22(23)15-25(26)28(32)30-17-20-8-3-2-4-9-20/h2-16H,17-19H2,1H3,(H,29,31)(H,30,32). The number of hydrogen-bond donors (Lipinski definition) is 2. The number of nitrogens with one attached hydrogen (secondary N) is 2. The number of carbonyl (C=O) groups excluding carboxylic acids is 2. The molecule has 0 bridgehead atoms. The predicted molar refractivity (Wildman–Crippen MR) is 132 cm³/mol. The van der Waals surface area contributed by atoms with E-state index in [1.807, 2.05) is 78.9 Å². The number of carbonyl (C=O) groups is 2. The summed E-state index contributed by atoms with van der Waals surface area (Å²) in [6, 6.07) is 28.5. The van der Waals surface area contributed by atoms with E-state index in [0.717, 1.165) is 27.6 Å². The highest BCUT2D eigenvalue weighted by Crippen LogP contribution is 2.26. The van der Waals surface area contributed by atoms with Crippen molar-refractivity contribution in [1.82, 2.24) is 10.6 Å². The van der Waals surface area contributed by atoms with Gasteiger partial charge in [-0.3, -0.25) is 9.59 Å². The molecule has 2 amide bonds. The van der Waals surface area contributed by atoms with Gasteiger partial charge in [0.15, 0.2) is 6.61 Å². The first kappa shape index (κ1) is 22.9. The molecule has 0 heterocycles. The molecule has 4 aromatic rings. The molecule has 6 heteroatoms. The summed E-state index contributed by atoms with van der Waals surface area (Å²) in [7, 11) is 1.60. The molecule has 172 valence electrons. The van der Waals surface area contributed by atoms with Crippen molar-refractivity contribution in [2.45, 2.75) is 13.1 Å². The zero-order valence-corrected chi connectivity index (χ0v) is 18.9. The average Bonchev–Trinajstić information content (AvgIpc) is 2.89. The lowest BCUT2D eigenvalue weighted by Crippen LogP contribution is -2.29. The lowest BCUT2D eigenvalue weighted by molar-refractivity contribution is -0.123. The fourth-order valence-electron chi connectivity index (χ4n) is 3.57. The molecule has 0 aliphatic heterocycles. The van der Waals surface area contributed by atoms with Gasteiger partial charge in [-0.05, 0) is 46.2 Å². The van der Waals surface area contributed by atoms with E-state index in [1.165, 1.54) is 0 Å². The van der Waals surface area contributed by atoms with Crippen molar-refractivity contribution in [2.75, 3.05) is 13.7 Å². The molecule has 0 saturated heterocycles. The van der Waals surface area contributed by atoms with Crippen molar-refractivity contribution in [3.05, 3.63) is 108 Å². The van der Waals surface area contributed by atoms with Gasteiger partial charge in [0.25, 0.3) is 11.8 Å². The van der Waals surface area contributed by atoms with Crippen molar-refractivity contribution < 1.29 is 19.1 Å². The highest BCUT2D eigenvalue weighted by atomic mass is 16.5. The third kappa shape index (κ3) is 5.92. The smallest absolute Gasteiger partial charge is 0.258 e. The maximum absolute atomic E-state index is 13.0. The largest absolute Gasteiger partial charge is 0.497 e. The molecule has 2 N–H and O–H groups in total. The Morgan fingerprint density at radius 1 is 0.735 bits per heavy atom. The van der Waals surface area contributed by atoms with E-state index in [2.05, 4.69) is 10.6 Å². The summed E-state index contributed by atoms with van der Waals surface area (Å²) in [6.07, 6.45) is 0. The van der Waals surface area contributed by atoms with Crippen LogP contribution >= 0.6 is 0 Å². The monoisotopic (exact) mass is 454 g/mol. The lowest BCUT2D eigenvalue weighted by Gasteiger charge is -2.14. The zero-order valence-electron chi connectivity index (χ0n) is 18.9. The molecule has 4 rings (SSSR count). The molecule has 0 atom stereocenters.